The standard InChI is InChI=1S/C15H11Cl2N3O7/c1-26-13-9(3-7(16)4-10(13)17)15(21)18-8-5-11(19(22)23)14(27-2)12(6-8)20(24)25/h3-6H,1-2H3,(H,18,21). The number of benzene rings is 2. The maximum absolute atomic E-state index is 12.5. The van der Waals surface area contributed by atoms with E-state index >= 15 is 0 Å². The van der Waals surface area contributed by atoms with Gasteiger partial charge in [-0.05, 0) is 12.1 Å². The number of ether oxygens (including phenoxy) is 2. The van der Waals surface area contributed by atoms with Gasteiger partial charge in [-0.25, -0.2) is 0 Å². The first kappa shape index (κ1) is 20.2. The van der Waals surface area contributed by atoms with E-state index in [4.69, 9.17) is 32.7 Å². The van der Waals surface area contributed by atoms with E-state index in [1.807, 2.05) is 0 Å². The molecule has 0 aromatic heterocycles. The summed E-state index contributed by atoms with van der Waals surface area (Å²) in [6.45, 7) is 0. The summed E-state index contributed by atoms with van der Waals surface area (Å²) in [6, 6.07) is 4.50. The van der Waals surface area contributed by atoms with Crippen molar-refractivity contribution < 1.29 is 24.1 Å². The molecule has 0 saturated heterocycles. The van der Waals surface area contributed by atoms with E-state index in [-0.39, 0.29) is 27.0 Å². The first-order valence-electron chi connectivity index (χ1n) is 7.04. The van der Waals surface area contributed by atoms with Crippen molar-refractivity contribution in [3.05, 3.63) is 60.1 Å². The first-order valence-corrected chi connectivity index (χ1v) is 7.80. The molecule has 27 heavy (non-hydrogen) atoms. The van der Waals surface area contributed by atoms with E-state index in [2.05, 4.69) is 5.32 Å². The number of nitro benzene ring substituents is 2. The summed E-state index contributed by atoms with van der Waals surface area (Å²) in [7, 11) is 2.35. The van der Waals surface area contributed by atoms with Gasteiger partial charge in [0.25, 0.3) is 11.7 Å². The lowest BCUT2D eigenvalue weighted by atomic mass is 10.1. The number of amides is 1. The first-order chi connectivity index (χ1) is 12.7. The average molecular weight is 416 g/mol. The van der Waals surface area contributed by atoms with Gasteiger partial charge in [0.1, 0.15) is 5.75 Å². The van der Waals surface area contributed by atoms with Crippen molar-refractivity contribution in [2.24, 2.45) is 0 Å². The van der Waals surface area contributed by atoms with Gasteiger partial charge in [-0.2, -0.15) is 0 Å². The van der Waals surface area contributed by atoms with Crippen molar-refractivity contribution in [1.29, 1.82) is 0 Å². The molecule has 2 rings (SSSR count). The van der Waals surface area contributed by atoms with Crippen molar-refractivity contribution >= 4 is 46.2 Å². The van der Waals surface area contributed by atoms with E-state index in [1.54, 1.807) is 0 Å². The van der Waals surface area contributed by atoms with Crippen molar-refractivity contribution in [1.82, 2.24) is 0 Å². The molecular weight excluding hydrogens is 405 g/mol. The molecule has 0 spiro atoms. The van der Waals surface area contributed by atoms with Crippen molar-refractivity contribution in [2.45, 2.75) is 0 Å². The molecular formula is C15H11Cl2N3O7. The molecule has 0 unspecified atom stereocenters. The van der Waals surface area contributed by atoms with E-state index in [9.17, 15) is 25.0 Å². The third-order valence-corrected chi connectivity index (χ3v) is 3.86. The van der Waals surface area contributed by atoms with Crippen molar-refractivity contribution in [3.63, 3.8) is 0 Å². The number of carbonyl (C=O) groups is 1. The topological polar surface area (TPSA) is 134 Å². The van der Waals surface area contributed by atoms with E-state index in [1.165, 1.54) is 19.2 Å². The predicted octanol–water partition coefficient (Wildman–Crippen LogP) is 4.08. The highest BCUT2D eigenvalue weighted by molar-refractivity contribution is 6.36. The van der Waals surface area contributed by atoms with E-state index < -0.39 is 32.9 Å². The number of rotatable bonds is 6. The maximum atomic E-state index is 12.5. The zero-order valence-corrected chi connectivity index (χ0v) is 15.3. The van der Waals surface area contributed by atoms with Gasteiger partial charge in [-0.3, -0.25) is 25.0 Å². The number of hydrogen-bond acceptors (Lipinski definition) is 7. The largest absolute Gasteiger partial charge is 0.494 e. The molecule has 0 fully saturated rings. The summed E-state index contributed by atoms with van der Waals surface area (Å²) >= 11 is 11.9. The number of nitrogens with zero attached hydrogens (tertiary/aromatic N) is 2. The number of hydrogen-bond donors (Lipinski definition) is 1. The van der Waals surface area contributed by atoms with Crippen LogP contribution in [-0.2, 0) is 0 Å². The Bertz CT molecular complexity index is 914. The summed E-state index contributed by atoms with van der Waals surface area (Å²) in [5.74, 6) is -1.30. The molecule has 0 atom stereocenters. The number of halogens is 2. The molecule has 0 aliphatic rings. The maximum Gasteiger partial charge on any atom is 0.320 e. The molecule has 0 aliphatic carbocycles. The van der Waals surface area contributed by atoms with Gasteiger partial charge in [-0.15, -0.1) is 0 Å². The summed E-state index contributed by atoms with van der Waals surface area (Å²) in [5, 5.41) is 24.9. The number of nitro groups is 2. The number of carbonyl (C=O) groups excluding carboxylic acids is 1. The Kier molecular flexibility index (Phi) is 6.03. The van der Waals surface area contributed by atoms with Crippen LogP contribution in [0.1, 0.15) is 10.4 Å². The van der Waals surface area contributed by atoms with Crippen LogP contribution in [0.5, 0.6) is 11.5 Å². The molecule has 142 valence electrons. The lowest BCUT2D eigenvalue weighted by Crippen LogP contribution is -2.14. The third kappa shape index (κ3) is 4.18. The van der Waals surface area contributed by atoms with E-state index in [0.29, 0.717) is 0 Å². The highest BCUT2D eigenvalue weighted by atomic mass is 35.5. The van der Waals surface area contributed by atoms with Gasteiger partial charge in [0.15, 0.2) is 0 Å². The minimum atomic E-state index is -0.863. The van der Waals surface area contributed by atoms with Crippen LogP contribution >= 0.6 is 23.2 Å². The van der Waals surface area contributed by atoms with Crippen molar-refractivity contribution in [3.8, 4) is 11.5 Å². The fourth-order valence-electron chi connectivity index (χ4n) is 2.29. The summed E-state index contributed by atoms with van der Waals surface area (Å²) in [6.07, 6.45) is 0. The quantitative estimate of drug-likeness (QED) is 0.554. The summed E-state index contributed by atoms with van der Waals surface area (Å²) in [5.41, 5.74) is -1.62. The Labute approximate surface area is 161 Å². The lowest BCUT2D eigenvalue weighted by molar-refractivity contribution is -0.395. The van der Waals surface area contributed by atoms with Crippen LogP contribution in [-0.4, -0.2) is 30.0 Å². The smallest absolute Gasteiger partial charge is 0.320 e. The molecule has 10 nitrogen and oxygen atoms in total. The molecule has 0 heterocycles. The number of anilines is 1. The van der Waals surface area contributed by atoms with Crippen LogP contribution in [0, 0.1) is 20.2 Å². The van der Waals surface area contributed by atoms with Gasteiger partial charge < -0.3 is 14.8 Å². The van der Waals surface area contributed by atoms with Crippen LogP contribution in [0.25, 0.3) is 0 Å². The van der Waals surface area contributed by atoms with Gasteiger partial charge in [0, 0.05) is 17.2 Å². The second kappa shape index (κ2) is 8.06. The number of methoxy groups -OCH3 is 2. The Balaban J connectivity index is 2.53. The Hall–Kier alpha value is -3.11. The monoisotopic (exact) mass is 415 g/mol. The van der Waals surface area contributed by atoms with Gasteiger partial charge in [-0.1, -0.05) is 23.2 Å². The van der Waals surface area contributed by atoms with Gasteiger partial charge in [0.05, 0.1) is 40.3 Å². The Morgan fingerprint density at radius 3 is 1.93 bits per heavy atom. The van der Waals surface area contributed by atoms with Gasteiger partial charge >= 0.3 is 11.4 Å². The molecule has 2 aromatic rings. The molecule has 12 heteroatoms. The second-order valence-corrected chi connectivity index (χ2v) is 5.83. The highest BCUT2D eigenvalue weighted by Crippen LogP contribution is 2.40. The van der Waals surface area contributed by atoms with Crippen LogP contribution in [0.3, 0.4) is 0 Å². The van der Waals surface area contributed by atoms with Crippen LogP contribution in [0.4, 0.5) is 17.1 Å². The SMILES string of the molecule is COc1c(Cl)cc(Cl)cc1C(=O)Nc1cc([N+](=O)[O-])c(OC)c([N+](=O)[O-])c1. The third-order valence-electron chi connectivity index (χ3n) is 3.36. The highest BCUT2D eigenvalue weighted by Gasteiger charge is 2.29. The molecule has 1 N–H and O–H groups in total. The fourth-order valence-corrected chi connectivity index (χ4v) is 2.86. The summed E-state index contributed by atoms with van der Waals surface area (Å²) in [4.78, 5) is 33.2. The van der Waals surface area contributed by atoms with Crippen molar-refractivity contribution in [2.75, 3.05) is 19.5 Å². The Morgan fingerprint density at radius 1 is 0.963 bits per heavy atom. The Morgan fingerprint density at radius 2 is 1.48 bits per heavy atom. The molecule has 0 saturated carbocycles. The van der Waals surface area contributed by atoms with Crippen LogP contribution in [0.15, 0.2) is 24.3 Å². The lowest BCUT2D eigenvalue weighted by Gasteiger charge is -2.12. The summed E-state index contributed by atoms with van der Waals surface area (Å²) < 4.78 is 9.82. The number of nitrogens with one attached hydrogen (secondary N) is 1. The molecule has 2 aromatic carbocycles. The minimum absolute atomic E-state index is 0.0241. The van der Waals surface area contributed by atoms with E-state index in [0.717, 1.165) is 19.2 Å². The van der Waals surface area contributed by atoms with Crippen LogP contribution in [0.2, 0.25) is 10.0 Å². The average Bonchev–Trinajstić information content (AvgIpc) is 2.60. The molecule has 0 aliphatic heterocycles. The molecule has 1 amide bonds. The normalized spacial score (nSPS) is 10.2. The second-order valence-electron chi connectivity index (χ2n) is 4.98. The predicted molar refractivity (Wildman–Crippen MR) is 97.3 cm³/mol. The molecule has 0 bridgehead atoms. The van der Waals surface area contributed by atoms with Crippen LogP contribution < -0.4 is 14.8 Å². The minimum Gasteiger partial charge on any atom is -0.494 e. The fraction of sp³-hybridized carbons (Fsp3) is 0.133. The molecule has 0 radical (unpaired) electrons. The zero-order valence-electron chi connectivity index (χ0n) is 13.8. The zero-order chi connectivity index (χ0) is 20.3. The van der Waals surface area contributed by atoms with Gasteiger partial charge in [0.2, 0.25) is 0 Å².